The van der Waals surface area contributed by atoms with Gasteiger partial charge in [0.05, 0.1) is 34.6 Å². The zero-order valence-electron chi connectivity index (χ0n) is 24.8. The first-order valence-corrected chi connectivity index (χ1v) is 16.1. The Morgan fingerprint density at radius 3 is 2.47 bits per heavy atom. The topological polar surface area (TPSA) is 79.1 Å². The molecule has 43 heavy (non-hydrogen) atoms. The van der Waals surface area contributed by atoms with Gasteiger partial charge in [0.2, 0.25) is 0 Å². The number of allylic oxidation sites excluding steroid dienone is 1. The lowest BCUT2D eigenvalue weighted by molar-refractivity contribution is -0.143. The zero-order valence-corrected chi connectivity index (χ0v) is 26.5. The van der Waals surface area contributed by atoms with Crippen molar-refractivity contribution >= 4 is 35.1 Å². The molecule has 2 heterocycles. The van der Waals surface area contributed by atoms with Gasteiger partial charge in [-0.2, -0.15) is 0 Å². The van der Waals surface area contributed by atoms with Crippen molar-refractivity contribution < 1.29 is 19.0 Å². The van der Waals surface area contributed by atoms with Crippen LogP contribution in [-0.2, 0) is 16.1 Å². The Morgan fingerprint density at radius 2 is 1.79 bits per heavy atom. The van der Waals surface area contributed by atoms with E-state index in [1.165, 1.54) is 11.3 Å². The number of ether oxygens (including phenoxy) is 3. The normalized spacial score (nSPS) is 14.8. The van der Waals surface area contributed by atoms with Gasteiger partial charge in [0.15, 0.2) is 16.3 Å². The number of esters is 1. The molecule has 0 N–H and O–H groups in total. The van der Waals surface area contributed by atoms with Crippen molar-refractivity contribution in [1.29, 1.82) is 0 Å². The van der Waals surface area contributed by atoms with E-state index in [-0.39, 0.29) is 11.7 Å². The van der Waals surface area contributed by atoms with Gasteiger partial charge in [0, 0.05) is 4.90 Å². The maximum Gasteiger partial charge on any atom is 0.338 e. The number of rotatable bonds is 10. The Labute approximate surface area is 259 Å². The smallest absolute Gasteiger partial charge is 0.338 e. The van der Waals surface area contributed by atoms with Crippen molar-refractivity contribution in [2.24, 2.45) is 4.99 Å². The lowest BCUT2D eigenvalue weighted by atomic mass is 9.96. The first-order valence-electron chi connectivity index (χ1n) is 14.1. The third-order valence-electron chi connectivity index (χ3n) is 6.82. The van der Waals surface area contributed by atoms with Crippen LogP contribution in [-0.4, -0.2) is 29.5 Å². The van der Waals surface area contributed by atoms with E-state index in [2.05, 4.69) is 0 Å². The van der Waals surface area contributed by atoms with Gasteiger partial charge in [-0.3, -0.25) is 9.36 Å². The number of thioether (sulfide) groups is 1. The van der Waals surface area contributed by atoms with E-state index in [1.54, 1.807) is 37.1 Å². The standard InChI is InChI=1S/C34H34N2O5S2/c1-6-39-28-18-24(12-17-27(28)40-20-23-10-8-7-9-11-23)19-29-32(37)36-31(25-13-15-26(42-5)16-14-25)30(33(38)41-21(2)3)22(4)35-34(36)43-29/h7-19,21,31H,6,20H2,1-5H3/b29-19-/t31-/m1/s1. The van der Waals surface area contributed by atoms with Gasteiger partial charge < -0.3 is 14.2 Å². The molecule has 0 saturated carbocycles. The molecule has 9 heteroatoms. The predicted octanol–water partition coefficient (Wildman–Crippen LogP) is 5.89. The highest BCUT2D eigenvalue weighted by Gasteiger charge is 2.33. The second-order valence-corrected chi connectivity index (χ2v) is 12.1. The summed E-state index contributed by atoms with van der Waals surface area (Å²) in [7, 11) is 0. The molecule has 0 bridgehead atoms. The Hall–Kier alpha value is -4.08. The van der Waals surface area contributed by atoms with Gasteiger partial charge in [-0.25, -0.2) is 9.79 Å². The minimum Gasteiger partial charge on any atom is -0.490 e. The van der Waals surface area contributed by atoms with E-state index < -0.39 is 12.0 Å². The Morgan fingerprint density at radius 1 is 1.05 bits per heavy atom. The molecule has 0 spiro atoms. The summed E-state index contributed by atoms with van der Waals surface area (Å²) in [6.45, 7) is 8.20. The van der Waals surface area contributed by atoms with Crippen molar-refractivity contribution in [3.8, 4) is 11.5 Å². The van der Waals surface area contributed by atoms with Crippen LogP contribution in [0.25, 0.3) is 6.08 Å². The fraction of sp³-hybridized carbons (Fsp3) is 0.265. The largest absolute Gasteiger partial charge is 0.490 e. The van der Waals surface area contributed by atoms with Crippen molar-refractivity contribution in [2.45, 2.75) is 51.3 Å². The summed E-state index contributed by atoms with van der Waals surface area (Å²) in [6, 6.07) is 22.8. The molecule has 1 atom stereocenters. The number of benzene rings is 3. The maximum absolute atomic E-state index is 14.0. The second kappa shape index (κ2) is 13.5. The van der Waals surface area contributed by atoms with Crippen LogP contribution < -0.4 is 24.4 Å². The molecule has 7 nitrogen and oxygen atoms in total. The summed E-state index contributed by atoms with van der Waals surface area (Å²) < 4.78 is 19.7. The molecule has 0 aliphatic carbocycles. The van der Waals surface area contributed by atoms with Crippen LogP contribution >= 0.6 is 23.1 Å². The summed E-state index contributed by atoms with van der Waals surface area (Å²) in [5.74, 6) is 0.750. The number of carbonyl (C=O) groups excluding carboxylic acids is 1. The van der Waals surface area contributed by atoms with Crippen molar-refractivity contribution in [2.75, 3.05) is 12.9 Å². The van der Waals surface area contributed by atoms with Crippen LogP contribution in [0.1, 0.15) is 50.4 Å². The first-order chi connectivity index (χ1) is 20.8. The number of nitrogens with zero attached hydrogens (tertiary/aromatic N) is 2. The quantitative estimate of drug-likeness (QED) is 0.164. The van der Waals surface area contributed by atoms with Gasteiger partial charge in [0.1, 0.15) is 6.61 Å². The lowest BCUT2D eigenvalue weighted by Crippen LogP contribution is -2.40. The Kier molecular flexibility index (Phi) is 9.52. The van der Waals surface area contributed by atoms with Crippen molar-refractivity contribution in [1.82, 2.24) is 4.57 Å². The highest BCUT2D eigenvalue weighted by Crippen LogP contribution is 2.32. The van der Waals surface area contributed by atoms with Gasteiger partial charge >= 0.3 is 5.97 Å². The number of thiazole rings is 1. The predicted molar refractivity (Wildman–Crippen MR) is 172 cm³/mol. The molecule has 4 aromatic rings. The molecule has 3 aromatic carbocycles. The fourth-order valence-electron chi connectivity index (χ4n) is 4.85. The number of fused-ring (bicyclic) bond motifs is 1. The second-order valence-electron chi connectivity index (χ2n) is 10.2. The number of hydrogen-bond acceptors (Lipinski definition) is 8. The summed E-state index contributed by atoms with van der Waals surface area (Å²) in [6.07, 6.45) is 3.52. The molecule has 1 aromatic heterocycles. The highest BCUT2D eigenvalue weighted by molar-refractivity contribution is 7.98. The Balaban J connectivity index is 1.56. The van der Waals surface area contributed by atoms with E-state index in [1.807, 2.05) is 92.1 Å². The zero-order chi connectivity index (χ0) is 30.5. The number of aromatic nitrogens is 1. The molecule has 1 aliphatic heterocycles. The number of carbonyl (C=O) groups is 1. The molecule has 0 saturated heterocycles. The molecule has 0 radical (unpaired) electrons. The fourth-order valence-corrected chi connectivity index (χ4v) is 6.31. The summed E-state index contributed by atoms with van der Waals surface area (Å²) in [5.41, 5.74) is 3.33. The third-order valence-corrected chi connectivity index (χ3v) is 8.54. The van der Waals surface area contributed by atoms with Gasteiger partial charge in [0.25, 0.3) is 5.56 Å². The molecular formula is C34H34N2O5S2. The molecule has 0 fully saturated rings. The number of hydrogen-bond donors (Lipinski definition) is 0. The molecule has 1 aliphatic rings. The van der Waals surface area contributed by atoms with E-state index >= 15 is 0 Å². The summed E-state index contributed by atoms with van der Waals surface area (Å²) >= 11 is 2.92. The van der Waals surface area contributed by atoms with Gasteiger partial charge in [-0.15, -0.1) is 11.8 Å². The van der Waals surface area contributed by atoms with E-state index in [0.717, 1.165) is 21.6 Å². The van der Waals surface area contributed by atoms with E-state index in [9.17, 15) is 9.59 Å². The van der Waals surface area contributed by atoms with Crippen LogP contribution in [0.3, 0.4) is 0 Å². The van der Waals surface area contributed by atoms with Crippen molar-refractivity contribution in [3.63, 3.8) is 0 Å². The maximum atomic E-state index is 14.0. The minimum absolute atomic E-state index is 0.229. The monoisotopic (exact) mass is 614 g/mol. The van der Waals surface area contributed by atoms with Crippen LogP contribution in [0.4, 0.5) is 0 Å². The van der Waals surface area contributed by atoms with Gasteiger partial charge in [-0.1, -0.05) is 59.9 Å². The third kappa shape index (κ3) is 6.78. The molecular weight excluding hydrogens is 581 g/mol. The van der Waals surface area contributed by atoms with Crippen LogP contribution in [0.15, 0.2) is 98.7 Å². The first kappa shape index (κ1) is 30.4. The minimum atomic E-state index is -0.659. The Bertz CT molecular complexity index is 1820. The van der Waals surface area contributed by atoms with E-state index in [4.69, 9.17) is 19.2 Å². The molecule has 222 valence electrons. The average molecular weight is 615 g/mol. The molecule has 0 amide bonds. The molecule has 0 unspecified atom stereocenters. The van der Waals surface area contributed by atoms with Crippen LogP contribution in [0.2, 0.25) is 0 Å². The highest BCUT2D eigenvalue weighted by atomic mass is 32.2. The van der Waals surface area contributed by atoms with Crippen molar-refractivity contribution in [3.05, 3.63) is 120 Å². The SMILES string of the molecule is CCOc1cc(/C=c2\sc3n(c2=O)[C@H](c2ccc(SC)cc2)C(C(=O)OC(C)C)=C(C)N=3)ccc1OCc1ccccc1. The summed E-state index contributed by atoms with van der Waals surface area (Å²) in [4.78, 5) is 33.6. The average Bonchev–Trinajstić information content (AvgIpc) is 3.30. The van der Waals surface area contributed by atoms with Crippen LogP contribution in [0, 0.1) is 0 Å². The van der Waals surface area contributed by atoms with Crippen LogP contribution in [0.5, 0.6) is 11.5 Å². The summed E-state index contributed by atoms with van der Waals surface area (Å²) in [5, 5.41) is 0. The lowest BCUT2D eigenvalue weighted by Gasteiger charge is -2.25. The van der Waals surface area contributed by atoms with Gasteiger partial charge in [-0.05, 0) is 81.0 Å². The molecule has 5 rings (SSSR count). The van der Waals surface area contributed by atoms with E-state index in [0.29, 0.717) is 45.3 Å².